The molecule has 11 N–H and O–H groups in total. The number of hydrogen-bond donors (Lipinski definition) is 10. The number of hydrogen-bond acceptors (Lipinski definition) is 16. The van der Waals surface area contributed by atoms with E-state index in [1.165, 1.54) is 38.5 Å². The van der Waals surface area contributed by atoms with Crippen LogP contribution in [0, 0.1) is 0 Å². The van der Waals surface area contributed by atoms with Crippen molar-refractivity contribution in [3.63, 3.8) is 0 Å². The Morgan fingerprint density at radius 3 is 1.70 bits per heavy atom. The molecule has 0 amide bonds. The molecule has 3 aliphatic heterocycles. The Kier molecular flexibility index (Phi) is 9.99. The molecular weight excluding hydrogens is 620 g/mol. The molecular formula is C29H37O17+. The van der Waals surface area contributed by atoms with Gasteiger partial charge in [0.15, 0.2) is 17.3 Å². The first kappa shape index (κ1) is 33.7. The minimum Gasteiger partial charge on any atom is -0.571 e. The van der Waals surface area contributed by atoms with E-state index < -0.39 is 80.7 Å². The van der Waals surface area contributed by atoms with E-state index in [2.05, 4.69) is 4.74 Å². The summed E-state index contributed by atoms with van der Waals surface area (Å²) in [5.41, 5.74) is 0.441. The van der Waals surface area contributed by atoms with Crippen LogP contribution >= 0.6 is 0 Å². The van der Waals surface area contributed by atoms with Crippen LogP contribution in [0.25, 0.3) is 6.08 Å². The molecule has 2 fully saturated rings. The number of aliphatic hydroxyl groups excluding tert-OH is 8. The Morgan fingerprint density at radius 1 is 0.674 bits per heavy atom. The highest BCUT2D eigenvalue weighted by atomic mass is 16.7. The Bertz CT molecular complexity index is 1390. The second kappa shape index (κ2) is 13.6. The van der Waals surface area contributed by atoms with Gasteiger partial charge in [-0.05, 0) is 12.1 Å². The number of aromatic hydroxyl groups is 3. The van der Waals surface area contributed by atoms with Gasteiger partial charge in [0, 0.05) is 12.1 Å². The van der Waals surface area contributed by atoms with Crippen LogP contribution in [0.15, 0.2) is 30.0 Å². The minimum atomic E-state index is -1.80. The minimum absolute atomic E-state index is 0.00471. The lowest BCUT2D eigenvalue weighted by Gasteiger charge is -2.40. The van der Waals surface area contributed by atoms with Gasteiger partial charge in [-0.3, -0.25) is 0 Å². The van der Waals surface area contributed by atoms with Crippen LogP contribution in [0.1, 0.15) is 17.2 Å². The lowest BCUT2D eigenvalue weighted by atomic mass is 9.98. The quantitative estimate of drug-likeness (QED) is 0.124. The molecule has 17 heteroatoms. The highest BCUT2D eigenvalue weighted by Gasteiger charge is 2.48. The van der Waals surface area contributed by atoms with Crippen molar-refractivity contribution in [1.82, 2.24) is 0 Å². The van der Waals surface area contributed by atoms with Crippen LogP contribution in [0.5, 0.6) is 34.5 Å². The summed E-state index contributed by atoms with van der Waals surface area (Å²) in [5.74, 6) is -0.758. The third-order valence-corrected chi connectivity index (χ3v) is 7.94. The second-order valence-electron chi connectivity index (χ2n) is 10.9. The lowest BCUT2D eigenvalue weighted by Crippen LogP contribution is -2.60. The fourth-order valence-electron chi connectivity index (χ4n) is 5.37. The summed E-state index contributed by atoms with van der Waals surface area (Å²) < 4.78 is 38.1. The summed E-state index contributed by atoms with van der Waals surface area (Å²) in [7, 11) is 2.63. The zero-order valence-corrected chi connectivity index (χ0v) is 24.5. The van der Waals surface area contributed by atoms with Gasteiger partial charge in [-0.25, -0.2) is 0 Å². The molecule has 0 radical (unpaired) electrons. The maximum absolute atomic E-state index is 10.7. The van der Waals surface area contributed by atoms with Crippen LogP contribution in [0.4, 0.5) is 0 Å². The molecule has 2 aromatic carbocycles. The molecule has 46 heavy (non-hydrogen) atoms. The summed E-state index contributed by atoms with van der Waals surface area (Å²) in [5, 5.41) is 102. The Hall–Kier alpha value is -3.62. The molecule has 0 aromatic heterocycles. The predicted molar refractivity (Wildman–Crippen MR) is 151 cm³/mol. The number of methoxy groups -OCH3 is 2. The van der Waals surface area contributed by atoms with Crippen LogP contribution in [-0.2, 0) is 14.2 Å². The van der Waals surface area contributed by atoms with Gasteiger partial charge in [0.25, 0.3) is 11.9 Å². The zero-order valence-electron chi connectivity index (χ0n) is 24.5. The topological polar surface area (TPSA) is 270 Å². The Balaban J connectivity index is 1.59. The summed E-state index contributed by atoms with van der Waals surface area (Å²) in [6, 6.07) is 5.27. The largest absolute Gasteiger partial charge is 0.571 e. The zero-order chi connectivity index (χ0) is 33.4. The number of phenolic OH excluding ortho intramolecular Hbond substituents is 2. The molecule has 17 nitrogen and oxygen atoms in total. The molecule has 254 valence electrons. The van der Waals surface area contributed by atoms with E-state index in [1.54, 1.807) is 0 Å². The van der Waals surface area contributed by atoms with Gasteiger partial charge in [-0.2, -0.15) is 0 Å². The molecule has 0 saturated carbocycles. The van der Waals surface area contributed by atoms with Gasteiger partial charge in [0.1, 0.15) is 65.9 Å². The van der Waals surface area contributed by atoms with E-state index in [-0.39, 0.29) is 45.8 Å². The number of benzene rings is 2. The van der Waals surface area contributed by atoms with Gasteiger partial charge in [0.05, 0.1) is 39.1 Å². The molecule has 3 heterocycles. The number of aliphatic hydroxyl groups is 9. The summed E-state index contributed by atoms with van der Waals surface area (Å²) in [6.45, 7) is -1.43. The van der Waals surface area contributed by atoms with E-state index in [9.17, 15) is 51.1 Å². The standard InChI is InChI=1S/C29H36O17/c1-40-15-3-10(4-16(41-2)20(15)33)27-17(44-29-26(39)24(37)22(35)19(9-31)46-29)7-12-13(42-27)5-11(32)6-14(12)43-28-25(38)23(36)21(34)18(8-30)45-28/h3-7,18-19,21-39H,8-9H2,1-2H3/p+1/t18-,19-,21+,22+,23+,24+,25+,26+,27?,28-,29-/m0/s1. The molecule has 11 atom stereocenters. The smallest absolute Gasteiger partial charge is 0.270 e. The third-order valence-electron chi connectivity index (χ3n) is 7.94. The molecule has 0 bridgehead atoms. The maximum Gasteiger partial charge on any atom is 0.270 e. The predicted octanol–water partition coefficient (Wildman–Crippen LogP) is -2.55. The molecule has 2 aromatic rings. The lowest BCUT2D eigenvalue weighted by molar-refractivity contribution is -0.295. The van der Waals surface area contributed by atoms with Gasteiger partial charge >= 0.3 is 0 Å². The van der Waals surface area contributed by atoms with Crippen LogP contribution in [0.3, 0.4) is 0 Å². The first-order valence-electron chi connectivity index (χ1n) is 14.1. The molecule has 5 rings (SSSR count). The van der Waals surface area contributed by atoms with Crippen LogP contribution in [-0.4, -0.2) is 145 Å². The van der Waals surface area contributed by atoms with E-state index in [0.717, 1.165) is 6.07 Å². The molecule has 0 spiro atoms. The van der Waals surface area contributed by atoms with E-state index in [0.29, 0.717) is 5.56 Å². The van der Waals surface area contributed by atoms with Crippen molar-refractivity contribution in [2.45, 2.75) is 67.5 Å². The van der Waals surface area contributed by atoms with Gasteiger partial charge in [-0.15, -0.1) is 0 Å². The fraction of sp³-hybridized carbons (Fsp3) is 0.517. The molecule has 1 unspecified atom stereocenters. The van der Waals surface area contributed by atoms with Crippen molar-refractivity contribution in [3.8, 4) is 34.5 Å². The van der Waals surface area contributed by atoms with Gasteiger partial charge < -0.3 is 84.2 Å². The normalized spacial score (nSPS) is 34.1. The summed E-state index contributed by atoms with van der Waals surface area (Å²) >= 11 is 0. The number of phenols is 2. The number of ether oxygens (including phenoxy) is 7. The second-order valence-corrected chi connectivity index (χ2v) is 10.9. The monoisotopic (exact) mass is 657 g/mol. The van der Waals surface area contributed by atoms with Crippen LogP contribution in [0.2, 0.25) is 0 Å². The third kappa shape index (κ3) is 6.21. The van der Waals surface area contributed by atoms with Crippen molar-refractivity contribution in [2.75, 3.05) is 27.4 Å². The Labute approximate surface area is 261 Å². The summed E-state index contributed by atoms with van der Waals surface area (Å²) in [4.78, 5) is 0. The average molecular weight is 658 g/mol. The first-order valence-corrected chi connectivity index (χ1v) is 14.1. The molecule has 3 aliphatic rings. The van der Waals surface area contributed by atoms with Crippen molar-refractivity contribution in [2.24, 2.45) is 0 Å². The highest BCUT2D eigenvalue weighted by molar-refractivity contribution is 5.70. The number of fused-ring (bicyclic) bond motifs is 1. The van der Waals surface area contributed by atoms with Crippen molar-refractivity contribution < 1.29 is 84.2 Å². The van der Waals surface area contributed by atoms with Gasteiger partial charge in [-0.1, -0.05) is 0 Å². The Morgan fingerprint density at radius 2 is 1.20 bits per heavy atom. The molecule has 2 saturated heterocycles. The van der Waals surface area contributed by atoms with E-state index in [4.69, 9.17) is 28.4 Å². The first-order chi connectivity index (χ1) is 21.9. The van der Waals surface area contributed by atoms with Crippen LogP contribution < -0.4 is 14.2 Å². The van der Waals surface area contributed by atoms with Crippen molar-refractivity contribution >= 4 is 6.08 Å². The average Bonchev–Trinajstić information content (AvgIpc) is 3.05. The van der Waals surface area contributed by atoms with Crippen molar-refractivity contribution in [3.05, 3.63) is 41.2 Å². The molecule has 0 aliphatic carbocycles. The fourth-order valence-corrected chi connectivity index (χ4v) is 5.37. The van der Waals surface area contributed by atoms with E-state index >= 15 is 0 Å². The van der Waals surface area contributed by atoms with Crippen molar-refractivity contribution in [1.29, 1.82) is 0 Å². The maximum atomic E-state index is 10.7. The highest BCUT2D eigenvalue weighted by Crippen LogP contribution is 2.48. The van der Waals surface area contributed by atoms with Gasteiger partial charge in [0.2, 0.25) is 18.3 Å². The van der Waals surface area contributed by atoms with E-state index in [1.807, 2.05) is 0 Å². The SMILES string of the molecule is COc1cc(C2[OH+]c3cc(O)cc(O[C@H]4O[C@@H](CO)[C@@H](O)[C@@H](O)[C@H]4O)c3C=C2O[C@H]2O[C@@H](CO)[C@@H](O)[C@@H](O)[C@H]2O)cc(OC)c1O. The summed E-state index contributed by atoms with van der Waals surface area (Å²) in [6.07, 6.45) is -16.0. The number of rotatable bonds is 9.